The first kappa shape index (κ1) is 14.9. The maximum absolute atomic E-state index is 11.6. The number of nitrogens with one attached hydrogen (secondary N) is 1. The molecule has 1 amide bonds. The molecule has 0 rings (SSSR count). The molecule has 0 aliphatic heterocycles. The molecule has 0 saturated carbocycles. The van der Waals surface area contributed by atoms with Gasteiger partial charge in [0.05, 0.1) is 12.0 Å². The molecule has 0 radical (unpaired) electrons. The lowest BCUT2D eigenvalue weighted by atomic mass is 10.0. The molecule has 0 aromatic carbocycles. The Hall–Kier alpha value is -1.10. The molecule has 0 aliphatic carbocycles. The van der Waals surface area contributed by atoms with Crippen molar-refractivity contribution in [3.8, 4) is 0 Å². The van der Waals surface area contributed by atoms with Crippen LogP contribution in [-0.2, 0) is 14.3 Å². The van der Waals surface area contributed by atoms with Crippen molar-refractivity contribution >= 4 is 11.9 Å². The fraction of sp³-hybridized carbons (Fsp3) is 0.818. The van der Waals surface area contributed by atoms with E-state index < -0.39 is 17.6 Å². The van der Waals surface area contributed by atoms with E-state index in [-0.39, 0.29) is 12.3 Å². The number of carboxylic acid groups (broad SMARTS) is 1. The van der Waals surface area contributed by atoms with Crippen LogP contribution in [0.5, 0.6) is 0 Å². The highest BCUT2D eigenvalue weighted by Gasteiger charge is 2.24. The van der Waals surface area contributed by atoms with Gasteiger partial charge in [0.25, 0.3) is 0 Å². The summed E-state index contributed by atoms with van der Waals surface area (Å²) in [6.45, 7) is 5.44. The largest absolute Gasteiger partial charge is 0.480 e. The van der Waals surface area contributed by atoms with E-state index in [9.17, 15) is 9.59 Å². The number of carboxylic acids is 1. The van der Waals surface area contributed by atoms with E-state index in [1.807, 2.05) is 6.92 Å². The first-order valence-corrected chi connectivity index (χ1v) is 5.39. The number of aliphatic carboxylic acids is 1. The number of rotatable bonds is 7. The summed E-state index contributed by atoms with van der Waals surface area (Å²) in [6.07, 6.45) is 1.30. The summed E-state index contributed by atoms with van der Waals surface area (Å²) in [7, 11) is 1.52. The summed E-state index contributed by atoms with van der Waals surface area (Å²) in [6, 6.07) is -0.801. The van der Waals surface area contributed by atoms with Crippen molar-refractivity contribution < 1.29 is 19.4 Å². The SMILES string of the molecule is CCC[C@@H](NC(=O)CC(C)(C)OC)C(=O)O. The maximum Gasteiger partial charge on any atom is 0.326 e. The Labute approximate surface area is 96.2 Å². The molecule has 0 heterocycles. The van der Waals surface area contributed by atoms with Crippen molar-refractivity contribution in [1.82, 2.24) is 5.32 Å². The van der Waals surface area contributed by atoms with Gasteiger partial charge in [-0.2, -0.15) is 0 Å². The number of carbonyl (C=O) groups excluding carboxylic acids is 1. The van der Waals surface area contributed by atoms with E-state index in [0.717, 1.165) is 0 Å². The monoisotopic (exact) mass is 231 g/mol. The molecule has 0 saturated heterocycles. The molecule has 16 heavy (non-hydrogen) atoms. The van der Waals surface area contributed by atoms with Gasteiger partial charge in [-0.1, -0.05) is 13.3 Å². The van der Waals surface area contributed by atoms with E-state index in [2.05, 4.69) is 5.32 Å². The zero-order valence-electron chi connectivity index (χ0n) is 10.4. The van der Waals surface area contributed by atoms with E-state index in [0.29, 0.717) is 12.8 Å². The fourth-order valence-electron chi connectivity index (χ4n) is 1.25. The number of carbonyl (C=O) groups is 2. The highest BCUT2D eigenvalue weighted by Crippen LogP contribution is 2.12. The zero-order chi connectivity index (χ0) is 12.8. The first-order valence-electron chi connectivity index (χ1n) is 5.39. The van der Waals surface area contributed by atoms with Crippen LogP contribution in [0, 0.1) is 0 Å². The van der Waals surface area contributed by atoms with Crippen LogP contribution in [0.25, 0.3) is 0 Å². The number of amides is 1. The first-order chi connectivity index (χ1) is 7.32. The van der Waals surface area contributed by atoms with Gasteiger partial charge in [-0.3, -0.25) is 4.79 Å². The van der Waals surface area contributed by atoms with Gasteiger partial charge in [0, 0.05) is 7.11 Å². The molecule has 0 bridgehead atoms. The minimum atomic E-state index is -0.995. The Balaban J connectivity index is 4.25. The molecule has 5 nitrogen and oxygen atoms in total. The normalized spacial score (nSPS) is 13.2. The van der Waals surface area contributed by atoms with Gasteiger partial charge >= 0.3 is 5.97 Å². The lowest BCUT2D eigenvalue weighted by Crippen LogP contribution is -2.43. The summed E-state index contributed by atoms with van der Waals surface area (Å²) in [5, 5.41) is 11.4. The van der Waals surface area contributed by atoms with Crippen LogP contribution in [-0.4, -0.2) is 35.7 Å². The number of ether oxygens (including phenoxy) is 1. The quantitative estimate of drug-likeness (QED) is 0.689. The third-order valence-electron chi connectivity index (χ3n) is 2.35. The Morgan fingerprint density at radius 1 is 1.44 bits per heavy atom. The highest BCUT2D eigenvalue weighted by atomic mass is 16.5. The molecule has 0 unspecified atom stereocenters. The lowest BCUT2D eigenvalue weighted by Gasteiger charge is -2.23. The van der Waals surface area contributed by atoms with Crippen LogP contribution < -0.4 is 5.32 Å². The maximum atomic E-state index is 11.6. The second-order valence-corrected chi connectivity index (χ2v) is 4.39. The predicted octanol–water partition coefficient (Wildman–Crippen LogP) is 1.17. The van der Waals surface area contributed by atoms with E-state index in [1.54, 1.807) is 13.8 Å². The molecule has 0 fully saturated rings. The van der Waals surface area contributed by atoms with Gasteiger partial charge in [-0.05, 0) is 20.3 Å². The standard InChI is InChI=1S/C11H21NO4/c1-5-6-8(10(14)15)12-9(13)7-11(2,3)16-4/h8H,5-7H2,1-4H3,(H,12,13)(H,14,15)/t8-/m1/s1. The zero-order valence-corrected chi connectivity index (χ0v) is 10.4. The summed E-state index contributed by atoms with van der Waals surface area (Å²) in [5.74, 6) is -1.29. The lowest BCUT2D eigenvalue weighted by molar-refractivity contribution is -0.142. The fourth-order valence-corrected chi connectivity index (χ4v) is 1.25. The number of hydrogen-bond donors (Lipinski definition) is 2. The average molecular weight is 231 g/mol. The highest BCUT2D eigenvalue weighted by molar-refractivity contribution is 5.83. The summed E-state index contributed by atoms with van der Waals surface area (Å²) in [4.78, 5) is 22.4. The van der Waals surface area contributed by atoms with Crippen LogP contribution in [0.4, 0.5) is 0 Å². The van der Waals surface area contributed by atoms with Gasteiger partial charge in [-0.25, -0.2) is 4.79 Å². The van der Waals surface area contributed by atoms with Crippen molar-refractivity contribution in [1.29, 1.82) is 0 Å². The molecule has 0 aliphatic rings. The molecule has 94 valence electrons. The molecule has 2 N–H and O–H groups in total. The minimum absolute atomic E-state index is 0.150. The van der Waals surface area contributed by atoms with Crippen LogP contribution in [0.3, 0.4) is 0 Å². The third kappa shape index (κ3) is 5.70. The predicted molar refractivity (Wildman–Crippen MR) is 60.2 cm³/mol. The van der Waals surface area contributed by atoms with E-state index in [4.69, 9.17) is 9.84 Å². The second kappa shape index (κ2) is 6.48. The van der Waals surface area contributed by atoms with Gasteiger partial charge in [0.2, 0.25) is 5.91 Å². The summed E-state index contributed by atoms with van der Waals surface area (Å²) >= 11 is 0. The Kier molecular flexibility index (Phi) is 6.03. The minimum Gasteiger partial charge on any atom is -0.480 e. The molecular weight excluding hydrogens is 210 g/mol. The summed E-state index contributed by atoms with van der Waals surface area (Å²) < 4.78 is 5.10. The topological polar surface area (TPSA) is 75.6 Å². The molecule has 0 spiro atoms. The van der Waals surface area contributed by atoms with Gasteiger partial charge in [-0.15, -0.1) is 0 Å². The van der Waals surface area contributed by atoms with E-state index >= 15 is 0 Å². The molecule has 1 atom stereocenters. The summed E-state index contributed by atoms with van der Waals surface area (Å²) in [5.41, 5.74) is -0.570. The van der Waals surface area contributed by atoms with Crippen molar-refractivity contribution in [3.63, 3.8) is 0 Å². The second-order valence-electron chi connectivity index (χ2n) is 4.39. The third-order valence-corrected chi connectivity index (χ3v) is 2.35. The molecule has 0 aromatic rings. The Morgan fingerprint density at radius 2 is 2.00 bits per heavy atom. The van der Waals surface area contributed by atoms with Crippen molar-refractivity contribution in [2.75, 3.05) is 7.11 Å². The number of hydrogen-bond acceptors (Lipinski definition) is 3. The van der Waals surface area contributed by atoms with Crippen LogP contribution in [0.2, 0.25) is 0 Å². The van der Waals surface area contributed by atoms with Gasteiger partial charge in [0.15, 0.2) is 0 Å². The average Bonchev–Trinajstić information content (AvgIpc) is 2.16. The van der Waals surface area contributed by atoms with Crippen molar-refractivity contribution in [2.45, 2.75) is 51.7 Å². The number of methoxy groups -OCH3 is 1. The van der Waals surface area contributed by atoms with Crippen LogP contribution >= 0.6 is 0 Å². The molecular formula is C11H21NO4. The van der Waals surface area contributed by atoms with Crippen LogP contribution in [0.15, 0.2) is 0 Å². The van der Waals surface area contributed by atoms with E-state index in [1.165, 1.54) is 7.11 Å². The van der Waals surface area contributed by atoms with Crippen molar-refractivity contribution in [3.05, 3.63) is 0 Å². The van der Waals surface area contributed by atoms with Crippen molar-refractivity contribution in [2.24, 2.45) is 0 Å². The van der Waals surface area contributed by atoms with Gasteiger partial charge < -0.3 is 15.2 Å². The van der Waals surface area contributed by atoms with Gasteiger partial charge in [0.1, 0.15) is 6.04 Å². The smallest absolute Gasteiger partial charge is 0.326 e. The Bertz CT molecular complexity index is 250. The Morgan fingerprint density at radius 3 is 2.38 bits per heavy atom. The molecule has 5 heteroatoms. The van der Waals surface area contributed by atoms with Crippen LogP contribution in [0.1, 0.15) is 40.0 Å². The molecule has 0 aromatic heterocycles.